The summed E-state index contributed by atoms with van der Waals surface area (Å²) in [5.74, 6) is -0.447. The molecule has 1 aromatic rings. The molecular weight excluding hydrogens is 179 g/mol. The second-order valence-electron chi connectivity index (χ2n) is 2.21. The molecule has 4 heteroatoms. The van der Waals surface area contributed by atoms with Gasteiger partial charge < -0.3 is 5.32 Å². The standard InChI is InChI=1S/C8H6ClFN2/c9-7-3-6(4-12-5-11)1-2-8(7)10/h1-3,12H,4H2. The van der Waals surface area contributed by atoms with Gasteiger partial charge in [0.25, 0.3) is 0 Å². The Labute approximate surface area is 74.6 Å². The zero-order chi connectivity index (χ0) is 8.97. The van der Waals surface area contributed by atoms with E-state index in [1.807, 2.05) is 0 Å². The van der Waals surface area contributed by atoms with E-state index >= 15 is 0 Å². The summed E-state index contributed by atoms with van der Waals surface area (Å²) in [6.07, 6.45) is 1.76. The highest BCUT2D eigenvalue weighted by molar-refractivity contribution is 6.30. The van der Waals surface area contributed by atoms with E-state index in [-0.39, 0.29) is 5.02 Å². The van der Waals surface area contributed by atoms with Gasteiger partial charge in [-0.3, -0.25) is 0 Å². The van der Waals surface area contributed by atoms with E-state index < -0.39 is 5.82 Å². The lowest BCUT2D eigenvalue weighted by Crippen LogP contribution is -2.04. The number of nitrogens with zero attached hydrogens (tertiary/aromatic N) is 1. The molecule has 0 heterocycles. The van der Waals surface area contributed by atoms with Crippen molar-refractivity contribution in [1.82, 2.24) is 5.32 Å². The van der Waals surface area contributed by atoms with Crippen molar-refractivity contribution in [3.8, 4) is 6.19 Å². The lowest BCUT2D eigenvalue weighted by atomic mass is 10.2. The summed E-state index contributed by atoms with van der Waals surface area (Å²) in [5, 5.41) is 10.7. The van der Waals surface area contributed by atoms with Gasteiger partial charge in [-0.2, -0.15) is 5.26 Å². The molecule has 0 aliphatic carbocycles. The minimum atomic E-state index is -0.447. The van der Waals surface area contributed by atoms with Crippen LogP contribution >= 0.6 is 11.6 Å². The summed E-state index contributed by atoms with van der Waals surface area (Å²) < 4.78 is 12.6. The quantitative estimate of drug-likeness (QED) is 0.564. The zero-order valence-electron chi connectivity index (χ0n) is 6.14. The number of hydrogen-bond donors (Lipinski definition) is 1. The third-order valence-electron chi connectivity index (χ3n) is 1.36. The number of hydrogen-bond acceptors (Lipinski definition) is 2. The van der Waals surface area contributed by atoms with Gasteiger partial charge in [0, 0.05) is 6.54 Å². The lowest BCUT2D eigenvalue weighted by molar-refractivity contribution is 0.627. The van der Waals surface area contributed by atoms with Crippen LogP contribution in [0.25, 0.3) is 0 Å². The molecule has 1 N–H and O–H groups in total. The first kappa shape index (κ1) is 8.82. The Kier molecular flexibility index (Phi) is 2.89. The molecule has 12 heavy (non-hydrogen) atoms. The lowest BCUT2D eigenvalue weighted by Gasteiger charge is -1.99. The second kappa shape index (κ2) is 3.93. The number of rotatable bonds is 2. The third kappa shape index (κ3) is 2.11. The highest BCUT2D eigenvalue weighted by Gasteiger charge is 1.99. The Hall–Kier alpha value is -1.27. The minimum absolute atomic E-state index is 0.0761. The van der Waals surface area contributed by atoms with Crippen molar-refractivity contribution in [2.24, 2.45) is 0 Å². The predicted octanol–water partition coefficient (Wildman–Crippen LogP) is 2.05. The van der Waals surface area contributed by atoms with Crippen molar-refractivity contribution in [3.63, 3.8) is 0 Å². The van der Waals surface area contributed by atoms with Gasteiger partial charge >= 0.3 is 0 Å². The molecule has 0 unspecified atom stereocenters. The molecule has 1 aromatic carbocycles. The van der Waals surface area contributed by atoms with Gasteiger partial charge in [-0.1, -0.05) is 17.7 Å². The molecule has 0 amide bonds. The molecule has 0 saturated heterocycles. The summed E-state index contributed by atoms with van der Waals surface area (Å²) in [6.45, 7) is 0.372. The van der Waals surface area contributed by atoms with Gasteiger partial charge in [0.2, 0.25) is 0 Å². The van der Waals surface area contributed by atoms with Crippen LogP contribution in [0, 0.1) is 17.3 Å². The minimum Gasteiger partial charge on any atom is -0.319 e. The summed E-state index contributed by atoms with van der Waals surface area (Å²) in [4.78, 5) is 0. The SMILES string of the molecule is N#CNCc1ccc(F)c(Cl)c1. The average Bonchev–Trinajstić information content (AvgIpc) is 2.07. The molecule has 0 bridgehead atoms. The third-order valence-corrected chi connectivity index (χ3v) is 1.65. The van der Waals surface area contributed by atoms with Crippen LogP contribution in [0.15, 0.2) is 18.2 Å². The summed E-state index contributed by atoms with van der Waals surface area (Å²) in [6, 6.07) is 4.34. The Morgan fingerprint density at radius 2 is 2.33 bits per heavy atom. The van der Waals surface area contributed by atoms with Crippen molar-refractivity contribution < 1.29 is 4.39 Å². The van der Waals surface area contributed by atoms with Crippen LogP contribution < -0.4 is 5.32 Å². The maximum Gasteiger partial charge on any atom is 0.176 e. The second-order valence-corrected chi connectivity index (χ2v) is 2.62. The van der Waals surface area contributed by atoms with Crippen molar-refractivity contribution in [3.05, 3.63) is 34.6 Å². The van der Waals surface area contributed by atoms with Crippen LogP contribution in [0.4, 0.5) is 4.39 Å². The fraction of sp³-hybridized carbons (Fsp3) is 0.125. The molecule has 1 rings (SSSR count). The van der Waals surface area contributed by atoms with Crippen molar-refractivity contribution >= 4 is 11.6 Å². The van der Waals surface area contributed by atoms with Crippen LogP contribution in [-0.4, -0.2) is 0 Å². The predicted molar refractivity (Wildman–Crippen MR) is 43.9 cm³/mol. The van der Waals surface area contributed by atoms with Crippen molar-refractivity contribution in [1.29, 1.82) is 5.26 Å². The molecule has 0 atom stereocenters. The van der Waals surface area contributed by atoms with Crippen LogP contribution in [-0.2, 0) is 6.54 Å². The Balaban J connectivity index is 2.77. The first-order valence-electron chi connectivity index (χ1n) is 3.30. The molecule has 0 aromatic heterocycles. The summed E-state index contributed by atoms with van der Waals surface area (Å²) in [7, 11) is 0. The molecule has 62 valence electrons. The number of halogens is 2. The molecule has 0 spiro atoms. The fourth-order valence-electron chi connectivity index (χ4n) is 0.791. The number of nitriles is 1. The van der Waals surface area contributed by atoms with Crippen molar-refractivity contribution in [2.45, 2.75) is 6.54 Å². The smallest absolute Gasteiger partial charge is 0.176 e. The maximum atomic E-state index is 12.6. The number of benzene rings is 1. The van der Waals surface area contributed by atoms with E-state index in [1.165, 1.54) is 12.1 Å². The first-order chi connectivity index (χ1) is 5.74. The van der Waals surface area contributed by atoms with E-state index in [4.69, 9.17) is 16.9 Å². The van der Waals surface area contributed by atoms with Crippen LogP contribution in [0.1, 0.15) is 5.56 Å². The molecule has 0 fully saturated rings. The summed E-state index contributed by atoms with van der Waals surface area (Å²) >= 11 is 5.51. The molecule has 0 radical (unpaired) electrons. The average molecular weight is 185 g/mol. The van der Waals surface area contributed by atoms with Gasteiger partial charge in [-0.05, 0) is 17.7 Å². The van der Waals surface area contributed by atoms with Gasteiger partial charge in [-0.25, -0.2) is 4.39 Å². The Morgan fingerprint density at radius 3 is 2.92 bits per heavy atom. The Morgan fingerprint density at radius 1 is 1.58 bits per heavy atom. The molecule has 0 saturated carbocycles. The molecule has 0 aliphatic heterocycles. The fourth-order valence-corrected chi connectivity index (χ4v) is 0.994. The van der Waals surface area contributed by atoms with Crippen LogP contribution in [0.3, 0.4) is 0 Å². The Bertz CT molecular complexity index is 319. The molecule has 2 nitrogen and oxygen atoms in total. The van der Waals surface area contributed by atoms with Gasteiger partial charge in [-0.15, -0.1) is 0 Å². The van der Waals surface area contributed by atoms with Gasteiger partial charge in [0.05, 0.1) is 5.02 Å². The normalized spacial score (nSPS) is 9.08. The van der Waals surface area contributed by atoms with E-state index in [0.29, 0.717) is 6.54 Å². The highest BCUT2D eigenvalue weighted by atomic mass is 35.5. The van der Waals surface area contributed by atoms with E-state index in [2.05, 4.69) is 5.32 Å². The topological polar surface area (TPSA) is 35.8 Å². The monoisotopic (exact) mass is 184 g/mol. The van der Waals surface area contributed by atoms with Gasteiger partial charge in [0.1, 0.15) is 5.82 Å². The van der Waals surface area contributed by atoms with Gasteiger partial charge in [0.15, 0.2) is 6.19 Å². The van der Waals surface area contributed by atoms with Crippen molar-refractivity contribution in [2.75, 3.05) is 0 Å². The van der Waals surface area contributed by atoms with Crippen LogP contribution in [0.2, 0.25) is 5.02 Å². The molecule has 0 aliphatic rings. The largest absolute Gasteiger partial charge is 0.319 e. The number of nitrogens with one attached hydrogen (secondary N) is 1. The maximum absolute atomic E-state index is 12.6. The van der Waals surface area contributed by atoms with E-state index in [9.17, 15) is 4.39 Å². The summed E-state index contributed by atoms with van der Waals surface area (Å²) in [5.41, 5.74) is 0.781. The zero-order valence-corrected chi connectivity index (χ0v) is 6.90. The van der Waals surface area contributed by atoms with Crippen LogP contribution in [0.5, 0.6) is 0 Å². The van der Waals surface area contributed by atoms with E-state index in [0.717, 1.165) is 5.56 Å². The first-order valence-corrected chi connectivity index (χ1v) is 3.67. The highest BCUT2D eigenvalue weighted by Crippen LogP contribution is 2.15. The van der Waals surface area contributed by atoms with E-state index in [1.54, 1.807) is 12.3 Å². The molecular formula is C8H6ClFN2.